The minimum atomic E-state index is 0.314. The third-order valence-electron chi connectivity index (χ3n) is 17.2. The lowest BCUT2D eigenvalue weighted by atomic mass is 9.50. The molecule has 6 aliphatic rings. The summed E-state index contributed by atoms with van der Waals surface area (Å²) in [5.41, 5.74) is 17.4. The Morgan fingerprint density at radius 1 is 0.383 bits per heavy atom. The van der Waals surface area contributed by atoms with Crippen molar-refractivity contribution in [1.29, 1.82) is 0 Å². The highest BCUT2D eigenvalue weighted by molar-refractivity contribution is 6.06. The summed E-state index contributed by atoms with van der Waals surface area (Å²) in [5, 5.41) is 2.39. The van der Waals surface area contributed by atoms with Gasteiger partial charge in [0.05, 0.1) is 0 Å². The molecule has 0 amide bonds. The van der Waals surface area contributed by atoms with Gasteiger partial charge in [-0.3, -0.25) is 0 Å². The van der Waals surface area contributed by atoms with E-state index in [2.05, 4.69) is 147 Å². The Morgan fingerprint density at radius 2 is 0.750 bits per heavy atom. The number of aryl methyl sites for hydroxylation is 1. The largest absolute Gasteiger partial charge is 0.456 e. The Kier molecular flexibility index (Phi) is 9.48. The van der Waals surface area contributed by atoms with Gasteiger partial charge in [0.2, 0.25) is 0 Å². The molecule has 0 unspecified atom stereocenters. The van der Waals surface area contributed by atoms with E-state index in [0.717, 1.165) is 11.2 Å². The van der Waals surface area contributed by atoms with Gasteiger partial charge in [-0.2, -0.15) is 0 Å². The van der Waals surface area contributed by atoms with Gasteiger partial charge < -0.3 is 4.42 Å². The lowest BCUT2D eigenvalue weighted by molar-refractivity contribution is 0.0305. The standard InChI is InChI=1S/C59H62O/c1-3-4-5-6-27-56-28-31-57(32-29-56,33-30-56)49-19-12-45(13-20-49)43-8-10-44(11-9-43)46-14-21-50(22-15-46)58-34-37-59(38-35-58,39-36-58)51-23-16-47(17-24-51)48-18-26-53-52-25-7-42(2)40-54(52)60-55(53)41-48/h7-26,40-41H,3-6,27-39H2,1-2H3. The molecule has 0 N–H and O–H groups in total. The minimum Gasteiger partial charge on any atom is -0.456 e. The van der Waals surface area contributed by atoms with Gasteiger partial charge in [-0.25, -0.2) is 0 Å². The Morgan fingerprint density at radius 3 is 1.20 bits per heavy atom. The van der Waals surface area contributed by atoms with Gasteiger partial charge in [-0.1, -0.05) is 148 Å². The lowest BCUT2D eigenvalue weighted by Gasteiger charge is -2.54. The van der Waals surface area contributed by atoms with Crippen LogP contribution in [0.5, 0.6) is 0 Å². The molecular formula is C59H62O. The van der Waals surface area contributed by atoms with Gasteiger partial charge in [0.1, 0.15) is 11.2 Å². The van der Waals surface area contributed by atoms with Crippen molar-refractivity contribution in [2.75, 3.05) is 0 Å². The summed E-state index contributed by atoms with van der Waals surface area (Å²) in [6.07, 6.45) is 23.3. The third-order valence-corrected chi connectivity index (χ3v) is 17.2. The van der Waals surface area contributed by atoms with Crippen LogP contribution in [0.4, 0.5) is 0 Å². The van der Waals surface area contributed by atoms with Crippen LogP contribution in [0.3, 0.4) is 0 Å². The maximum Gasteiger partial charge on any atom is 0.136 e. The summed E-state index contributed by atoms with van der Waals surface area (Å²) in [4.78, 5) is 0. The SMILES string of the molecule is CCCCCCC12CCC(c3ccc(-c4ccc(-c5ccc(C67CCC(c8ccc(-c9ccc%10c(c9)oc9cc(C)ccc9%10)cc8)(CC6)CC7)cc5)cc4)cc3)(CC1)CC2. The molecule has 7 aromatic rings. The molecule has 1 nitrogen and oxygen atoms in total. The fourth-order valence-corrected chi connectivity index (χ4v) is 13.0. The van der Waals surface area contributed by atoms with E-state index >= 15 is 0 Å². The molecule has 0 radical (unpaired) electrons. The second-order valence-corrected chi connectivity index (χ2v) is 20.3. The molecule has 13 rings (SSSR count). The highest BCUT2D eigenvalue weighted by atomic mass is 16.3. The normalized spacial score (nSPS) is 26.0. The van der Waals surface area contributed by atoms with Gasteiger partial charge in [0.15, 0.2) is 0 Å². The summed E-state index contributed by atoms with van der Waals surface area (Å²) >= 11 is 0. The molecule has 0 saturated heterocycles. The van der Waals surface area contributed by atoms with Crippen LogP contribution in [0.25, 0.3) is 55.3 Å². The van der Waals surface area contributed by atoms with Crippen LogP contribution >= 0.6 is 0 Å². The summed E-state index contributed by atoms with van der Waals surface area (Å²) in [7, 11) is 0. The van der Waals surface area contributed by atoms with E-state index in [9.17, 15) is 0 Å². The van der Waals surface area contributed by atoms with E-state index in [4.69, 9.17) is 4.42 Å². The molecule has 0 atom stereocenters. The van der Waals surface area contributed by atoms with Crippen LogP contribution in [0, 0.1) is 12.3 Å². The molecule has 1 heteroatoms. The van der Waals surface area contributed by atoms with E-state index in [-0.39, 0.29) is 0 Å². The number of fused-ring (bicyclic) bond motifs is 9. The van der Waals surface area contributed by atoms with E-state index in [1.807, 2.05) is 0 Å². The first-order valence-corrected chi connectivity index (χ1v) is 23.7. The zero-order valence-electron chi connectivity index (χ0n) is 36.1. The topological polar surface area (TPSA) is 13.1 Å². The summed E-state index contributed by atoms with van der Waals surface area (Å²) < 4.78 is 6.28. The van der Waals surface area contributed by atoms with Crippen LogP contribution in [-0.2, 0) is 16.2 Å². The molecule has 1 aromatic heterocycles. The first-order valence-electron chi connectivity index (χ1n) is 23.7. The second-order valence-electron chi connectivity index (χ2n) is 20.3. The molecule has 60 heavy (non-hydrogen) atoms. The molecule has 6 aromatic carbocycles. The Hall–Kier alpha value is -4.88. The monoisotopic (exact) mass is 786 g/mol. The minimum absolute atomic E-state index is 0.314. The van der Waals surface area contributed by atoms with Gasteiger partial charge >= 0.3 is 0 Å². The van der Waals surface area contributed by atoms with Crippen LogP contribution in [0.1, 0.15) is 138 Å². The van der Waals surface area contributed by atoms with Gasteiger partial charge in [-0.15, -0.1) is 0 Å². The Labute approximate surface area is 358 Å². The predicted molar refractivity (Wildman–Crippen MR) is 253 cm³/mol. The smallest absolute Gasteiger partial charge is 0.136 e. The fourth-order valence-electron chi connectivity index (χ4n) is 13.0. The van der Waals surface area contributed by atoms with Crippen molar-refractivity contribution in [2.45, 2.75) is 139 Å². The lowest BCUT2D eigenvalue weighted by Crippen LogP contribution is -2.46. The zero-order chi connectivity index (χ0) is 40.4. The zero-order valence-corrected chi connectivity index (χ0v) is 36.1. The third kappa shape index (κ3) is 6.58. The Balaban J connectivity index is 0.719. The Bertz CT molecular complexity index is 2590. The van der Waals surface area contributed by atoms with Crippen LogP contribution in [0.15, 0.2) is 138 Å². The number of hydrogen-bond donors (Lipinski definition) is 0. The molecule has 0 aliphatic heterocycles. The van der Waals surface area contributed by atoms with E-state index in [1.54, 1.807) is 11.1 Å². The fraction of sp³-hybridized carbons (Fsp3) is 0.390. The second kappa shape index (κ2) is 14.9. The first-order chi connectivity index (χ1) is 29.4. The molecule has 6 saturated carbocycles. The first kappa shape index (κ1) is 38.1. The number of benzene rings is 6. The van der Waals surface area contributed by atoms with Crippen molar-refractivity contribution in [3.05, 3.63) is 156 Å². The van der Waals surface area contributed by atoms with Crippen LogP contribution < -0.4 is 0 Å². The van der Waals surface area contributed by atoms with E-state index in [1.165, 1.54) is 164 Å². The average molecular weight is 787 g/mol. The van der Waals surface area contributed by atoms with Crippen molar-refractivity contribution >= 4 is 21.9 Å². The predicted octanol–water partition coefficient (Wildman–Crippen LogP) is 17.0. The number of hydrogen-bond acceptors (Lipinski definition) is 1. The molecule has 1 heterocycles. The number of unbranched alkanes of at least 4 members (excludes halogenated alkanes) is 3. The van der Waals surface area contributed by atoms with Crippen molar-refractivity contribution in [3.8, 4) is 33.4 Å². The maximum absolute atomic E-state index is 6.28. The van der Waals surface area contributed by atoms with Crippen molar-refractivity contribution < 1.29 is 4.42 Å². The maximum atomic E-state index is 6.28. The van der Waals surface area contributed by atoms with E-state index < -0.39 is 0 Å². The van der Waals surface area contributed by atoms with Crippen LogP contribution in [-0.4, -0.2) is 0 Å². The van der Waals surface area contributed by atoms with Gasteiger partial charge in [-0.05, 0) is 186 Å². The van der Waals surface area contributed by atoms with Crippen LogP contribution in [0.2, 0.25) is 0 Å². The van der Waals surface area contributed by atoms with Crippen molar-refractivity contribution in [2.24, 2.45) is 5.41 Å². The molecule has 4 bridgehead atoms. The summed E-state index contributed by atoms with van der Waals surface area (Å²) in [6, 6.07) is 51.5. The quantitative estimate of drug-likeness (QED) is 0.119. The van der Waals surface area contributed by atoms with E-state index in [0.29, 0.717) is 21.7 Å². The molecule has 0 spiro atoms. The molecule has 6 fully saturated rings. The molecular weight excluding hydrogens is 725 g/mol. The summed E-state index contributed by atoms with van der Waals surface area (Å²) in [6.45, 7) is 4.45. The number of rotatable bonds is 11. The average Bonchev–Trinajstić information content (AvgIpc) is 3.69. The molecule has 6 aliphatic carbocycles. The van der Waals surface area contributed by atoms with Crippen molar-refractivity contribution in [3.63, 3.8) is 0 Å². The summed E-state index contributed by atoms with van der Waals surface area (Å²) in [5.74, 6) is 0. The van der Waals surface area contributed by atoms with Gasteiger partial charge in [0.25, 0.3) is 0 Å². The molecule has 304 valence electrons. The van der Waals surface area contributed by atoms with Crippen molar-refractivity contribution in [1.82, 2.24) is 0 Å². The number of furan rings is 1. The highest BCUT2D eigenvalue weighted by Gasteiger charge is 2.50. The van der Waals surface area contributed by atoms with Gasteiger partial charge in [0, 0.05) is 10.8 Å². The highest BCUT2D eigenvalue weighted by Crippen LogP contribution is 2.60.